The van der Waals surface area contributed by atoms with Gasteiger partial charge in [-0.1, -0.05) is 50.1 Å². The summed E-state index contributed by atoms with van der Waals surface area (Å²) in [4.78, 5) is 0. The second-order valence-corrected chi connectivity index (χ2v) is 6.21. The standard InChI is InChI=1S/C17H27N/c1-13(2)18-12-17-9-5-8-16(17)11-15-7-4-6-14(3)10-15/h4,6-7,10,13,16-18H,5,8-9,11-12H2,1-3H3. The van der Waals surface area contributed by atoms with Crippen LogP contribution in [0.2, 0.25) is 0 Å². The van der Waals surface area contributed by atoms with Crippen LogP contribution in [-0.2, 0) is 6.42 Å². The van der Waals surface area contributed by atoms with Crippen molar-refractivity contribution in [2.24, 2.45) is 11.8 Å². The molecule has 1 heteroatoms. The fourth-order valence-corrected chi connectivity index (χ4v) is 3.18. The molecule has 0 aliphatic heterocycles. The molecule has 1 aromatic carbocycles. The number of benzene rings is 1. The number of hydrogen-bond acceptors (Lipinski definition) is 1. The van der Waals surface area contributed by atoms with Gasteiger partial charge in [0.2, 0.25) is 0 Å². The summed E-state index contributed by atoms with van der Waals surface area (Å²) >= 11 is 0. The van der Waals surface area contributed by atoms with Gasteiger partial charge in [-0.15, -0.1) is 0 Å². The minimum Gasteiger partial charge on any atom is -0.314 e. The molecule has 1 aromatic rings. The average molecular weight is 245 g/mol. The first-order chi connectivity index (χ1) is 8.65. The maximum absolute atomic E-state index is 3.61. The largest absolute Gasteiger partial charge is 0.314 e. The molecular formula is C17H27N. The van der Waals surface area contributed by atoms with E-state index in [1.165, 1.54) is 43.4 Å². The molecule has 0 saturated heterocycles. The molecule has 0 radical (unpaired) electrons. The molecule has 1 N–H and O–H groups in total. The van der Waals surface area contributed by atoms with Gasteiger partial charge in [-0.25, -0.2) is 0 Å². The molecule has 0 aromatic heterocycles. The number of hydrogen-bond donors (Lipinski definition) is 1. The summed E-state index contributed by atoms with van der Waals surface area (Å²) < 4.78 is 0. The summed E-state index contributed by atoms with van der Waals surface area (Å²) in [7, 11) is 0. The van der Waals surface area contributed by atoms with Gasteiger partial charge >= 0.3 is 0 Å². The molecule has 1 aliphatic rings. The predicted octanol–water partition coefficient (Wildman–Crippen LogP) is 3.95. The normalized spacial score (nSPS) is 23.8. The van der Waals surface area contributed by atoms with Gasteiger partial charge in [0.1, 0.15) is 0 Å². The minimum atomic E-state index is 0.616. The zero-order valence-corrected chi connectivity index (χ0v) is 12.1. The first-order valence-electron chi connectivity index (χ1n) is 7.44. The zero-order chi connectivity index (χ0) is 13.0. The summed E-state index contributed by atoms with van der Waals surface area (Å²) in [6.45, 7) is 7.87. The fraction of sp³-hybridized carbons (Fsp3) is 0.647. The summed E-state index contributed by atoms with van der Waals surface area (Å²) in [5.74, 6) is 1.77. The molecule has 0 heterocycles. The summed E-state index contributed by atoms with van der Waals surface area (Å²) in [5, 5.41) is 3.61. The predicted molar refractivity (Wildman–Crippen MR) is 78.9 cm³/mol. The van der Waals surface area contributed by atoms with Gasteiger partial charge in [0.25, 0.3) is 0 Å². The monoisotopic (exact) mass is 245 g/mol. The Bertz CT molecular complexity index is 370. The molecule has 0 spiro atoms. The quantitative estimate of drug-likeness (QED) is 0.828. The van der Waals surface area contributed by atoms with E-state index in [4.69, 9.17) is 0 Å². The van der Waals surface area contributed by atoms with Crippen molar-refractivity contribution < 1.29 is 0 Å². The van der Waals surface area contributed by atoms with Crippen LogP contribution in [0, 0.1) is 18.8 Å². The molecule has 1 saturated carbocycles. The zero-order valence-electron chi connectivity index (χ0n) is 12.1. The van der Waals surface area contributed by atoms with Crippen LogP contribution < -0.4 is 5.32 Å². The van der Waals surface area contributed by atoms with Crippen molar-refractivity contribution in [2.45, 2.75) is 52.5 Å². The Balaban J connectivity index is 1.91. The summed E-state index contributed by atoms with van der Waals surface area (Å²) in [6, 6.07) is 9.64. The SMILES string of the molecule is Cc1cccc(CC2CCCC2CNC(C)C)c1. The highest BCUT2D eigenvalue weighted by molar-refractivity contribution is 5.22. The lowest BCUT2D eigenvalue weighted by Gasteiger charge is -2.21. The Morgan fingerprint density at radius 3 is 2.72 bits per heavy atom. The first kappa shape index (κ1) is 13.6. The Morgan fingerprint density at radius 1 is 1.22 bits per heavy atom. The van der Waals surface area contributed by atoms with E-state index in [1.54, 1.807) is 0 Å². The van der Waals surface area contributed by atoms with Gasteiger partial charge in [0.05, 0.1) is 0 Å². The maximum Gasteiger partial charge on any atom is 0.00104 e. The third-order valence-electron chi connectivity index (χ3n) is 4.19. The van der Waals surface area contributed by atoms with E-state index < -0.39 is 0 Å². The second-order valence-electron chi connectivity index (χ2n) is 6.21. The van der Waals surface area contributed by atoms with Crippen LogP contribution in [0.15, 0.2) is 24.3 Å². The molecule has 2 atom stereocenters. The molecule has 0 bridgehead atoms. The van der Waals surface area contributed by atoms with Gasteiger partial charge < -0.3 is 5.32 Å². The highest BCUT2D eigenvalue weighted by atomic mass is 14.9. The van der Waals surface area contributed by atoms with Crippen LogP contribution in [0.4, 0.5) is 0 Å². The topological polar surface area (TPSA) is 12.0 Å². The smallest absolute Gasteiger partial charge is 0.00104 e. The third-order valence-corrected chi connectivity index (χ3v) is 4.19. The summed E-state index contributed by atoms with van der Waals surface area (Å²) in [5.41, 5.74) is 2.92. The van der Waals surface area contributed by atoms with Crippen molar-refractivity contribution in [3.05, 3.63) is 35.4 Å². The Kier molecular flexibility index (Phi) is 4.82. The third kappa shape index (κ3) is 3.84. The van der Waals surface area contributed by atoms with Crippen LogP contribution in [0.3, 0.4) is 0 Å². The molecule has 1 nitrogen and oxygen atoms in total. The minimum absolute atomic E-state index is 0.616. The Hall–Kier alpha value is -0.820. The first-order valence-corrected chi connectivity index (χ1v) is 7.44. The maximum atomic E-state index is 3.61. The van der Waals surface area contributed by atoms with Crippen molar-refractivity contribution >= 4 is 0 Å². The lowest BCUT2D eigenvalue weighted by Crippen LogP contribution is -2.31. The molecule has 2 unspecified atom stereocenters. The van der Waals surface area contributed by atoms with E-state index in [0.29, 0.717) is 6.04 Å². The van der Waals surface area contributed by atoms with Crippen LogP contribution in [0.25, 0.3) is 0 Å². The van der Waals surface area contributed by atoms with Crippen LogP contribution in [0.1, 0.15) is 44.2 Å². The van der Waals surface area contributed by atoms with Gasteiger partial charge in [0.15, 0.2) is 0 Å². The molecule has 18 heavy (non-hydrogen) atoms. The second kappa shape index (κ2) is 6.38. The van der Waals surface area contributed by atoms with E-state index in [9.17, 15) is 0 Å². The van der Waals surface area contributed by atoms with Crippen LogP contribution in [0.5, 0.6) is 0 Å². The van der Waals surface area contributed by atoms with Crippen LogP contribution in [-0.4, -0.2) is 12.6 Å². The van der Waals surface area contributed by atoms with Gasteiger partial charge in [-0.2, -0.15) is 0 Å². The number of nitrogens with one attached hydrogen (secondary N) is 1. The number of aryl methyl sites for hydroxylation is 1. The lowest BCUT2D eigenvalue weighted by atomic mass is 9.89. The van der Waals surface area contributed by atoms with Crippen molar-refractivity contribution in [3.63, 3.8) is 0 Å². The summed E-state index contributed by atoms with van der Waals surface area (Å²) in [6.07, 6.45) is 5.52. The lowest BCUT2D eigenvalue weighted by molar-refractivity contribution is 0.354. The Morgan fingerprint density at radius 2 is 2.00 bits per heavy atom. The highest BCUT2D eigenvalue weighted by Gasteiger charge is 2.27. The van der Waals surface area contributed by atoms with E-state index in [2.05, 4.69) is 50.4 Å². The van der Waals surface area contributed by atoms with Crippen LogP contribution >= 0.6 is 0 Å². The Labute approximate surface area is 112 Å². The van der Waals surface area contributed by atoms with Gasteiger partial charge in [0, 0.05) is 6.04 Å². The van der Waals surface area contributed by atoms with E-state index in [1.807, 2.05) is 0 Å². The van der Waals surface area contributed by atoms with Crippen molar-refractivity contribution in [1.82, 2.24) is 5.32 Å². The average Bonchev–Trinajstić information content (AvgIpc) is 2.74. The molecule has 1 aliphatic carbocycles. The van der Waals surface area contributed by atoms with Gasteiger partial charge in [-0.05, 0) is 50.1 Å². The van der Waals surface area contributed by atoms with Gasteiger partial charge in [-0.3, -0.25) is 0 Å². The van der Waals surface area contributed by atoms with Crippen molar-refractivity contribution in [2.75, 3.05) is 6.54 Å². The van der Waals surface area contributed by atoms with Crippen molar-refractivity contribution in [1.29, 1.82) is 0 Å². The molecule has 1 fully saturated rings. The fourth-order valence-electron chi connectivity index (χ4n) is 3.18. The number of rotatable bonds is 5. The molecule has 0 amide bonds. The molecule has 2 rings (SSSR count). The molecule has 100 valence electrons. The van der Waals surface area contributed by atoms with Crippen molar-refractivity contribution in [3.8, 4) is 0 Å². The van der Waals surface area contributed by atoms with E-state index >= 15 is 0 Å². The van der Waals surface area contributed by atoms with E-state index in [0.717, 1.165) is 11.8 Å². The highest BCUT2D eigenvalue weighted by Crippen LogP contribution is 2.34. The molecular weight excluding hydrogens is 218 g/mol. The van der Waals surface area contributed by atoms with E-state index in [-0.39, 0.29) is 0 Å².